The first kappa shape index (κ1) is 42.4. The number of nitrogens with zero attached hydrogens (tertiary/aromatic N) is 3. The van der Waals surface area contributed by atoms with Gasteiger partial charge in [0.05, 0.1) is 28.0 Å². The standard InChI is InChI=1S/C58H61N3O/c1-35(2)42-32-48(36(3)4)55(62)50(33-42)56-60-54-47(14-13-15-53(54)61(56)52-25-18-38(6)28-49(52)40-21-23-45(24-22-40)57(7,8)9)43-29-44(31-46(30-43)58(10,11)12)51-34-41(26-27-59-51)39-19-16-37(5)17-20-39/h13-36,62H,1-12H3. The Morgan fingerprint density at radius 3 is 1.85 bits per heavy atom. The van der Waals surface area contributed by atoms with Gasteiger partial charge < -0.3 is 5.11 Å². The van der Waals surface area contributed by atoms with E-state index in [1.165, 1.54) is 33.4 Å². The molecule has 1 N–H and O–H groups in total. The van der Waals surface area contributed by atoms with Gasteiger partial charge in [-0.1, -0.05) is 159 Å². The first-order valence-electron chi connectivity index (χ1n) is 22.2. The van der Waals surface area contributed by atoms with Crippen molar-refractivity contribution < 1.29 is 5.11 Å². The number of aromatic hydroxyl groups is 1. The molecule has 62 heavy (non-hydrogen) atoms. The second-order valence-corrected chi connectivity index (χ2v) is 20.0. The van der Waals surface area contributed by atoms with E-state index in [-0.39, 0.29) is 28.4 Å². The van der Waals surface area contributed by atoms with E-state index < -0.39 is 0 Å². The van der Waals surface area contributed by atoms with Gasteiger partial charge in [-0.05, 0) is 130 Å². The summed E-state index contributed by atoms with van der Waals surface area (Å²) >= 11 is 0. The van der Waals surface area contributed by atoms with Crippen LogP contribution in [0, 0.1) is 13.8 Å². The van der Waals surface area contributed by atoms with Gasteiger partial charge in [0, 0.05) is 22.9 Å². The van der Waals surface area contributed by atoms with E-state index >= 15 is 0 Å². The summed E-state index contributed by atoms with van der Waals surface area (Å²) in [6, 6.07) is 46.4. The van der Waals surface area contributed by atoms with Gasteiger partial charge in [-0.3, -0.25) is 9.55 Å². The molecular formula is C58H61N3O. The predicted octanol–water partition coefficient (Wildman–Crippen LogP) is 15.9. The summed E-state index contributed by atoms with van der Waals surface area (Å²) < 4.78 is 2.29. The first-order chi connectivity index (χ1) is 29.4. The number of benzene rings is 6. The average molecular weight is 816 g/mol. The minimum atomic E-state index is -0.132. The molecule has 4 nitrogen and oxygen atoms in total. The highest BCUT2D eigenvalue weighted by Gasteiger charge is 2.26. The highest BCUT2D eigenvalue weighted by atomic mass is 16.3. The molecule has 0 radical (unpaired) electrons. The second kappa shape index (κ2) is 16.2. The molecule has 0 saturated carbocycles. The number of aromatic nitrogens is 3. The molecule has 0 saturated heterocycles. The van der Waals surface area contributed by atoms with E-state index in [1.807, 2.05) is 6.20 Å². The van der Waals surface area contributed by atoms with E-state index in [1.54, 1.807) is 0 Å². The maximum Gasteiger partial charge on any atom is 0.149 e. The Hall–Kier alpha value is -6.26. The maximum atomic E-state index is 12.3. The minimum Gasteiger partial charge on any atom is -0.507 e. The van der Waals surface area contributed by atoms with E-state index in [4.69, 9.17) is 9.97 Å². The molecule has 0 spiro atoms. The summed E-state index contributed by atoms with van der Waals surface area (Å²) in [5.41, 5.74) is 19.1. The van der Waals surface area contributed by atoms with Crippen molar-refractivity contribution in [3.8, 4) is 67.5 Å². The van der Waals surface area contributed by atoms with Gasteiger partial charge in [-0.25, -0.2) is 4.98 Å². The molecule has 0 fully saturated rings. The number of imidazole rings is 1. The van der Waals surface area contributed by atoms with E-state index in [0.717, 1.165) is 66.9 Å². The molecule has 2 aromatic heterocycles. The third-order valence-electron chi connectivity index (χ3n) is 12.4. The summed E-state index contributed by atoms with van der Waals surface area (Å²) in [5.74, 6) is 1.37. The van der Waals surface area contributed by atoms with Crippen LogP contribution in [0.2, 0.25) is 0 Å². The summed E-state index contributed by atoms with van der Waals surface area (Å²) in [4.78, 5) is 10.6. The third kappa shape index (κ3) is 8.23. The van der Waals surface area contributed by atoms with Gasteiger partial charge >= 0.3 is 0 Å². The topological polar surface area (TPSA) is 50.9 Å². The molecule has 6 aromatic carbocycles. The minimum absolute atomic E-state index is 0.0370. The number of phenolic OH excluding ortho intramolecular Hbond substituents is 1. The van der Waals surface area contributed by atoms with Crippen molar-refractivity contribution in [2.75, 3.05) is 0 Å². The van der Waals surface area contributed by atoms with Gasteiger partial charge in [-0.2, -0.15) is 0 Å². The van der Waals surface area contributed by atoms with Crippen LogP contribution in [0.5, 0.6) is 5.75 Å². The molecule has 0 amide bonds. The molecule has 8 aromatic rings. The molecule has 0 aliphatic heterocycles. The van der Waals surface area contributed by atoms with Crippen molar-refractivity contribution in [3.63, 3.8) is 0 Å². The lowest BCUT2D eigenvalue weighted by Gasteiger charge is -2.22. The molecule has 2 heterocycles. The van der Waals surface area contributed by atoms with Gasteiger partial charge in [0.2, 0.25) is 0 Å². The number of aryl methyl sites for hydroxylation is 2. The van der Waals surface area contributed by atoms with Crippen LogP contribution < -0.4 is 0 Å². The maximum absolute atomic E-state index is 12.3. The zero-order chi connectivity index (χ0) is 44.2. The lowest BCUT2D eigenvalue weighted by Crippen LogP contribution is -2.11. The molecule has 314 valence electrons. The molecule has 4 heteroatoms. The largest absolute Gasteiger partial charge is 0.507 e. The van der Waals surface area contributed by atoms with Crippen LogP contribution in [0.1, 0.15) is 114 Å². The van der Waals surface area contributed by atoms with Crippen LogP contribution in [0.15, 0.2) is 134 Å². The fourth-order valence-corrected chi connectivity index (χ4v) is 8.48. The lowest BCUT2D eigenvalue weighted by atomic mass is 9.83. The highest BCUT2D eigenvalue weighted by Crippen LogP contribution is 2.44. The zero-order valence-electron chi connectivity index (χ0n) is 38.6. The first-order valence-corrected chi connectivity index (χ1v) is 22.2. The van der Waals surface area contributed by atoms with Crippen LogP contribution in [0.4, 0.5) is 0 Å². The summed E-state index contributed by atoms with van der Waals surface area (Å²) in [5, 5.41) is 12.3. The quantitative estimate of drug-likeness (QED) is 0.166. The van der Waals surface area contributed by atoms with Gasteiger partial charge in [-0.15, -0.1) is 0 Å². The number of phenols is 1. The van der Waals surface area contributed by atoms with Crippen molar-refractivity contribution in [1.29, 1.82) is 0 Å². The van der Waals surface area contributed by atoms with Crippen LogP contribution in [-0.4, -0.2) is 19.6 Å². The van der Waals surface area contributed by atoms with Crippen molar-refractivity contribution in [2.24, 2.45) is 0 Å². The smallest absolute Gasteiger partial charge is 0.149 e. The van der Waals surface area contributed by atoms with Crippen LogP contribution >= 0.6 is 0 Å². The molecule has 0 atom stereocenters. The number of hydrogen-bond acceptors (Lipinski definition) is 3. The molecule has 0 aliphatic rings. The Labute approximate surface area is 369 Å². The van der Waals surface area contributed by atoms with Crippen molar-refractivity contribution in [2.45, 2.75) is 106 Å². The number of pyridine rings is 1. The molecule has 0 unspecified atom stereocenters. The van der Waals surface area contributed by atoms with Crippen molar-refractivity contribution in [3.05, 3.63) is 167 Å². The summed E-state index contributed by atoms with van der Waals surface area (Å²) in [6.45, 7) is 26.6. The summed E-state index contributed by atoms with van der Waals surface area (Å²) in [6.07, 6.45) is 1.92. The number of hydrogen-bond donors (Lipinski definition) is 1. The van der Waals surface area contributed by atoms with Crippen LogP contribution in [0.25, 0.3) is 72.7 Å². The normalized spacial score (nSPS) is 12.2. The SMILES string of the molecule is Cc1ccc(-c2ccnc(-c3cc(-c4cccc5c4nc(-c4cc(C(C)C)cc(C(C)C)c4O)n5-c4ccc(C)cc4-c4ccc(C(C)(C)C)cc4)cc(C(C)(C)C)c3)c2)cc1. The second-order valence-electron chi connectivity index (χ2n) is 20.0. The van der Waals surface area contributed by atoms with Crippen LogP contribution in [0.3, 0.4) is 0 Å². The number of fused-ring (bicyclic) bond motifs is 1. The third-order valence-corrected chi connectivity index (χ3v) is 12.4. The Bertz CT molecular complexity index is 2930. The Balaban J connectivity index is 1.42. The molecular weight excluding hydrogens is 755 g/mol. The number of para-hydroxylation sites is 1. The van der Waals surface area contributed by atoms with E-state index in [9.17, 15) is 5.11 Å². The van der Waals surface area contributed by atoms with Gasteiger partial charge in [0.25, 0.3) is 0 Å². The summed E-state index contributed by atoms with van der Waals surface area (Å²) in [7, 11) is 0. The number of rotatable bonds is 8. The van der Waals surface area contributed by atoms with E-state index in [0.29, 0.717) is 5.82 Å². The monoisotopic (exact) mass is 815 g/mol. The highest BCUT2D eigenvalue weighted by molar-refractivity contribution is 5.98. The van der Waals surface area contributed by atoms with E-state index in [2.05, 4.69) is 215 Å². The average Bonchev–Trinajstić information content (AvgIpc) is 3.62. The Morgan fingerprint density at radius 2 is 1.19 bits per heavy atom. The predicted molar refractivity (Wildman–Crippen MR) is 263 cm³/mol. The van der Waals surface area contributed by atoms with Crippen molar-refractivity contribution >= 4 is 11.0 Å². The van der Waals surface area contributed by atoms with Crippen molar-refractivity contribution in [1.82, 2.24) is 14.5 Å². The lowest BCUT2D eigenvalue weighted by molar-refractivity contribution is 0.466. The van der Waals surface area contributed by atoms with Crippen LogP contribution in [-0.2, 0) is 10.8 Å². The molecule has 8 rings (SSSR count). The zero-order valence-corrected chi connectivity index (χ0v) is 38.6. The van der Waals surface area contributed by atoms with Gasteiger partial charge in [0.1, 0.15) is 11.6 Å². The Morgan fingerprint density at radius 1 is 0.532 bits per heavy atom. The fraction of sp³-hybridized carbons (Fsp3) is 0.276. The molecule has 0 aliphatic carbocycles. The molecule has 0 bridgehead atoms. The van der Waals surface area contributed by atoms with Gasteiger partial charge in [0.15, 0.2) is 0 Å². The fourth-order valence-electron chi connectivity index (χ4n) is 8.48. The Kier molecular flexibility index (Phi) is 11.1.